The fraction of sp³-hybridized carbons (Fsp3) is 0.469. The van der Waals surface area contributed by atoms with E-state index in [1.807, 2.05) is 43.4 Å². The Hall–Kier alpha value is -4.87. The van der Waals surface area contributed by atoms with E-state index in [4.69, 9.17) is 19.8 Å². The van der Waals surface area contributed by atoms with Gasteiger partial charge in [-0.3, -0.25) is 14.4 Å². The van der Waals surface area contributed by atoms with Crippen molar-refractivity contribution in [1.82, 2.24) is 15.1 Å². The summed E-state index contributed by atoms with van der Waals surface area (Å²) in [5, 5.41) is 30.2. The smallest absolute Gasteiger partial charge is 0.481 e. The van der Waals surface area contributed by atoms with Crippen LogP contribution in [0.4, 0.5) is 32.0 Å². The molecular formula is C32H38F6N4O8. The molecule has 18 heteroatoms. The highest BCUT2D eigenvalue weighted by Gasteiger charge is 2.39. The Labute approximate surface area is 283 Å². The molecule has 0 bridgehead atoms. The van der Waals surface area contributed by atoms with Crippen molar-refractivity contribution in [3.63, 3.8) is 0 Å². The maximum absolute atomic E-state index is 13.3. The molecule has 0 radical (unpaired) electrons. The number of fused-ring (bicyclic) bond motifs is 1. The van der Waals surface area contributed by atoms with Crippen LogP contribution in [0.2, 0.25) is 0 Å². The van der Waals surface area contributed by atoms with Gasteiger partial charge in [-0.25, -0.2) is 9.59 Å². The number of alkyl halides is 6. The summed E-state index contributed by atoms with van der Waals surface area (Å²) in [7, 11) is 1.82. The number of aliphatic carboxylic acids is 3. The van der Waals surface area contributed by atoms with Crippen LogP contribution in [-0.2, 0) is 32.1 Å². The number of carbonyl (C=O) groups excluding carboxylic acids is 2. The van der Waals surface area contributed by atoms with E-state index in [1.165, 1.54) is 0 Å². The fourth-order valence-electron chi connectivity index (χ4n) is 5.01. The highest BCUT2D eigenvalue weighted by Crippen LogP contribution is 2.27. The number of piperidine rings is 1. The zero-order valence-corrected chi connectivity index (χ0v) is 26.9. The van der Waals surface area contributed by atoms with Crippen molar-refractivity contribution < 1.29 is 65.6 Å². The second-order valence-electron chi connectivity index (χ2n) is 11.5. The molecule has 5 N–H and O–H groups in total. The van der Waals surface area contributed by atoms with E-state index in [0.717, 1.165) is 43.5 Å². The van der Waals surface area contributed by atoms with Gasteiger partial charge in [0.2, 0.25) is 5.91 Å². The van der Waals surface area contributed by atoms with Gasteiger partial charge in [0.05, 0.1) is 6.42 Å². The Bertz CT molecular complexity index is 1440. The Morgan fingerprint density at radius 2 is 1.46 bits per heavy atom. The van der Waals surface area contributed by atoms with Crippen LogP contribution in [0.15, 0.2) is 48.5 Å². The second-order valence-corrected chi connectivity index (χ2v) is 11.5. The predicted molar refractivity (Wildman–Crippen MR) is 166 cm³/mol. The largest absolute Gasteiger partial charge is 0.490 e. The number of carboxylic acids is 3. The number of amides is 2. The first-order valence-electron chi connectivity index (χ1n) is 15.3. The molecule has 2 aromatic carbocycles. The molecule has 1 saturated heterocycles. The van der Waals surface area contributed by atoms with Crippen molar-refractivity contribution in [3.05, 3.63) is 65.2 Å². The maximum atomic E-state index is 13.3. The topological polar surface area (TPSA) is 177 Å². The summed E-state index contributed by atoms with van der Waals surface area (Å²) < 4.78 is 63.5. The van der Waals surface area contributed by atoms with Crippen molar-refractivity contribution in [2.75, 3.05) is 38.5 Å². The van der Waals surface area contributed by atoms with E-state index in [1.54, 1.807) is 21.9 Å². The molecule has 276 valence electrons. The number of carboxylic acid groups (broad SMARTS) is 3. The van der Waals surface area contributed by atoms with Crippen molar-refractivity contribution in [1.29, 1.82) is 0 Å². The lowest BCUT2D eigenvalue weighted by atomic mass is 9.94. The normalized spacial score (nSPS) is 16.3. The average Bonchev–Trinajstić information content (AvgIpc) is 3.17. The van der Waals surface area contributed by atoms with E-state index in [0.29, 0.717) is 43.2 Å². The van der Waals surface area contributed by atoms with E-state index >= 15 is 0 Å². The number of anilines is 1. The first-order valence-corrected chi connectivity index (χ1v) is 15.3. The van der Waals surface area contributed by atoms with Crippen LogP contribution < -0.4 is 10.6 Å². The number of rotatable bonds is 9. The lowest BCUT2D eigenvalue weighted by molar-refractivity contribution is -0.193. The van der Waals surface area contributed by atoms with E-state index < -0.39 is 36.3 Å². The average molecular weight is 721 g/mol. The number of hydrogen-bond donors (Lipinski definition) is 5. The predicted octanol–water partition coefficient (Wildman–Crippen LogP) is 4.26. The second kappa shape index (κ2) is 18.8. The molecule has 0 aliphatic carbocycles. The highest BCUT2D eigenvalue weighted by molar-refractivity contribution is 5.96. The monoisotopic (exact) mass is 720 g/mol. The minimum atomic E-state index is -5.08. The van der Waals surface area contributed by atoms with Gasteiger partial charge in [0.25, 0.3) is 5.91 Å². The third-order valence-electron chi connectivity index (χ3n) is 7.71. The van der Waals surface area contributed by atoms with Crippen LogP contribution in [0.25, 0.3) is 0 Å². The lowest BCUT2D eigenvalue weighted by Gasteiger charge is -2.25. The van der Waals surface area contributed by atoms with Gasteiger partial charge in [-0.2, -0.15) is 26.3 Å². The molecule has 0 aromatic heterocycles. The van der Waals surface area contributed by atoms with Gasteiger partial charge in [-0.05, 0) is 68.0 Å². The Morgan fingerprint density at radius 3 is 1.98 bits per heavy atom. The van der Waals surface area contributed by atoms with Crippen LogP contribution in [0.5, 0.6) is 0 Å². The van der Waals surface area contributed by atoms with Crippen LogP contribution >= 0.6 is 0 Å². The van der Waals surface area contributed by atoms with Gasteiger partial charge in [-0.15, -0.1) is 0 Å². The summed E-state index contributed by atoms with van der Waals surface area (Å²) in [4.78, 5) is 59.2. The molecule has 1 atom stereocenters. The summed E-state index contributed by atoms with van der Waals surface area (Å²) in [6.45, 7) is 3.63. The molecule has 2 aliphatic rings. The van der Waals surface area contributed by atoms with Crippen molar-refractivity contribution in [3.8, 4) is 0 Å². The molecule has 12 nitrogen and oxygen atoms in total. The summed E-state index contributed by atoms with van der Waals surface area (Å²) >= 11 is 0. The van der Waals surface area contributed by atoms with Crippen LogP contribution in [-0.4, -0.2) is 106 Å². The molecule has 2 aromatic rings. The fourth-order valence-corrected chi connectivity index (χ4v) is 5.01. The van der Waals surface area contributed by atoms with Crippen LogP contribution in [0, 0.1) is 5.92 Å². The zero-order valence-electron chi connectivity index (χ0n) is 26.9. The summed E-state index contributed by atoms with van der Waals surface area (Å²) in [6.07, 6.45) is -6.54. The summed E-state index contributed by atoms with van der Waals surface area (Å²) in [5.74, 6) is -6.23. The standard InChI is InChI=1S/C28H36N4O4.2C2HF3O2/c1-31(15-11-21-9-13-29-14-10-21)27(35)22-7-8-23-19-32(16-12-20-5-3-2-4-6-20)28(36)25(18-26(33)34)30-24(23)17-22;2*3-2(4,5)1(6)7/h2-8,17,21,25,29-30H,9-16,18-19H2,1H3,(H,33,34);2*(H,6,7)/t25-;;/m1../s1. The van der Waals surface area contributed by atoms with Gasteiger partial charge >= 0.3 is 30.3 Å². The molecule has 0 spiro atoms. The third kappa shape index (κ3) is 13.9. The number of carbonyl (C=O) groups is 5. The summed E-state index contributed by atoms with van der Waals surface area (Å²) in [5.41, 5.74) is 3.17. The molecule has 2 aliphatic heterocycles. The molecule has 1 fully saturated rings. The van der Waals surface area contributed by atoms with Gasteiger partial charge < -0.3 is 35.8 Å². The lowest BCUT2D eigenvalue weighted by Crippen LogP contribution is -2.42. The van der Waals surface area contributed by atoms with Crippen molar-refractivity contribution in [2.24, 2.45) is 5.92 Å². The van der Waals surface area contributed by atoms with Gasteiger partial charge in [0, 0.05) is 37.9 Å². The summed E-state index contributed by atoms with van der Waals surface area (Å²) in [6, 6.07) is 14.5. The van der Waals surface area contributed by atoms with Crippen molar-refractivity contribution in [2.45, 2.75) is 57.0 Å². The zero-order chi connectivity index (χ0) is 37.6. The molecule has 0 unspecified atom stereocenters. The molecule has 50 heavy (non-hydrogen) atoms. The Balaban J connectivity index is 0.000000521. The number of halogens is 6. The molecule has 2 amide bonds. The molecular weight excluding hydrogens is 682 g/mol. The van der Waals surface area contributed by atoms with Crippen LogP contribution in [0.3, 0.4) is 0 Å². The van der Waals surface area contributed by atoms with Gasteiger partial charge in [0.15, 0.2) is 0 Å². The third-order valence-corrected chi connectivity index (χ3v) is 7.71. The van der Waals surface area contributed by atoms with E-state index in [2.05, 4.69) is 10.6 Å². The minimum absolute atomic E-state index is 0.0696. The van der Waals surface area contributed by atoms with Crippen LogP contribution in [0.1, 0.15) is 47.2 Å². The van der Waals surface area contributed by atoms with E-state index in [-0.39, 0.29) is 18.2 Å². The first-order chi connectivity index (χ1) is 23.3. The number of nitrogens with one attached hydrogen (secondary N) is 2. The quantitative estimate of drug-likeness (QED) is 0.236. The number of benzene rings is 2. The molecule has 0 saturated carbocycles. The Morgan fingerprint density at radius 1 is 0.900 bits per heavy atom. The molecule has 2 heterocycles. The first kappa shape index (κ1) is 41.3. The van der Waals surface area contributed by atoms with E-state index in [9.17, 15) is 45.8 Å². The Kier molecular flexibility index (Phi) is 15.5. The highest BCUT2D eigenvalue weighted by atomic mass is 19.4. The van der Waals surface area contributed by atoms with Gasteiger partial charge in [0.1, 0.15) is 6.04 Å². The molecule has 4 rings (SSSR count). The van der Waals surface area contributed by atoms with Gasteiger partial charge in [-0.1, -0.05) is 36.4 Å². The number of hydrogen-bond acceptors (Lipinski definition) is 7. The maximum Gasteiger partial charge on any atom is 0.490 e. The number of nitrogens with zero attached hydrogens (tertiary/aromatic N) is 2. The SMILES string of the molecule is CN(CCC1CCNCC1)C(=O)c1ccc2c(c1)N[C@H](CC(=O)O)C(=O)N(CCc1ccccc1)C2.O=C(O)C(F)(F)F.O=C(O)C(F)(F)F. The van der Waals surface area contributed by atoms with Crippen molar-refractivity contribution >= 4 is 35.4 Å². The minimum Gasteiger partial charge on any atom is -0.481 e.